The second kappa shape index (κ2) is 4.07. The SMILES string of the molecule is N#Cc1ccn2c(-c3ccc(O)cc3F)nnc2c1. The Bertz CT molecular complexity index is 819. The lowest BCUT2D eigenvalue weighted by atomic mass is 10.2. The van der Waals surface area contributed by atoms with Crippen LogP contribution in [0.1, 0.15) is 5.56 Å². The molecule has 0 unspecified atom stereocenters. The molecule has 6 heteroatoms. The summed E-state index contributed by atoms with van der Waals surface area (Å²) in [4.78, 5) is 0. The third kappa shape index (κ3) is 1.77. The Morgan fingerprint density at radius 2 is 2.05 bits per heavy atom. The Balaban J connectivity index is 2.23. The zero-order valence-electron chi connectivity index (χ0n) is 9.58. The summed E-state index contributed by atoms with van der Waals surface area (Å²) in [6.45, 7) is 0. The van der Waals surface area contributed by atoms with Gasteiger partial charge in [0.1, 0.15) is 11.6 Å². The molecule has 3 rings (SSSR count). The number of benzene rings is 1. The topological polar surface area (TPSA) is 74.2 Å². The van der Waals surface area contributed by atoms with Crippen molar-refractivity contribution < 1.29 is 9.50 Å². The van der Waals surface area contributed by atoms with Gasteiger partial charge in [-0.2, -0.15) is 5.26 Å². The van der Waals surface area contributed by atoms with E-state index in [1.165, 1.54) is 12.1 Å². The minimum Gasteiger partial charge on any atom is -0.508 e. The van der Waals surface area contributed by atoms with Crippen LogP contribution in [0.25, 0.3) is 17.0 Å². The molecule has 0 bridgehead atoms. The lowest BCUT2D eigenvalue weighted by Gasteiger charge is -2.02. The summed E-state index contributed by atoms with van der Waals surface area (Å²) in [6.07, 6.45) is 1.61. The zero-order chi connectivity index (χ0) is 13.4. The van der Waals surface area contributed by atoms with Gasteiger partial charge in [0, 0.05) is 18.3 Å². The van der Waals surface area contributed by atoms with Crippen molar-refractivity contribution in [2.24, 2.45) is 0 Å². The molecule has 0 amide bonds. The summed E-state index contributed by atoms with van der Waals surface area (Å²) in [5.41, 5.74) is 1.15. The van der Waals surface area contributed by atoms with E-state index in [0.29, 0.717) is 17.0 Å². The molecule has 19 heavy (non-hydrogen) atoms. The lowest BCUT2D eigenvalue weighted by molar-refractivity contribution is 0.469. The number of hydrogen-bond acceptors (Lipinski definition) is 4. The van der Waals surface area contributed by atoms with Gasteiger partial charge in [0.25, 0.3) is 0 Å². The van der Waals surface area contributed by atoms with Crippen LogP contribution >= 0.6 is 0 Å². The number of phenolic OH excluding ortho intramolecular Hbond substituents is 1. The largest absolute Gasteiger partial charge is 0.508 e. The van der Waals surface area contributed by atoms with Gasteiger partial charge >= 0.3 is 0 Å². The monoisotopic (exact) mass is 254 g/mol. The van der Waals surface area contributed by atoms with E-state index in [1.807, 2.05) is 6.07 Å². The van der Waals surface area contributed by atoms with Crippen LogP contribution in [0.15, 0.2) is 36.5 Å². The van der Waals surface area contributed by atoms with Crippen molar-refractivity contribution in [3.8, 4) is 23.2 Å². The van der Waals surface area contributed by atoms with E-state index in [0.717, 1.165) is 6.07 Å². The third-order valence-electron chi connectivity index (χ3n) is 2.73. The molecule has 1 N–H and O–H groups in total. The maximum atomic E-state index is 13.8. The van der Waals surface area contributed by atoms with Crippen molar-refractivity contribution in [3.63, 3.8) is 0 Å². The number of nitriles is 1. The summed E-state index contributed by atoms with van der Waals surface area (Å²) in [5, 5.41) is 25.8. The highest BCUT2D eigenvalue weighted by Gasteiger charge is 2.13. The lowest BCUT2D eigenvalue weighted by Crippen LogP contribution is -1.92. The van der Waals surface area contributed by atoms with Gasteiger partial charge in [-0.05, 0) is 18.2 Å². The third-order valence-corrected chi connectivity index (χ3v) is 2.73. The van der Waals surface area contributed by atoms with Gasteiger partial charge in [0.15, 0.2) is 11.5 Å². The first kappa shape index (κ1) is 11.2. The van der Waals surface area contributed by atoms with Crippen molar-refractivity contribution >= 4 is 5.65 Å². The number of pyridine rings is 1. The van der Waals surface area contributed by atoms with Crippen LogP contribution in [0.2, 0.25) is 0 Å². The van der Waals surface area contributed by atoms with Crippen LogP contribution < -0.4 is 0 Å². The Morgan fingerprint density at radius 1 is 1.21 bits per heavy atom. The van der Waals surface area contributed by atoms with Gasteiger partial charge in [-0.25, -0.2) is 4.39 Å². The van der Waals surface area contributed by atoms with Gasteiger partial charge in [0.2, 0.25) is 0 Å². The maximum Gasteiger partial charge on any atom is 0.171 e. The fraction of sp³-hybridized carbons (Fsp3) is 0. The first-order valence-electron chi connectivity index (χ1n) is 5.43. The van der Waals surface area contributed by atoms with Crippen LogP contribution in [0.5, 0.6) is 5.75 Å². The highest BCUT2D eigenvalue weighted by Crippen LogP contribution is 2.24. The number of aromatic hydroxyl groups is 1. The standard InChI is InChI=1S/C13H7FN4O/c14-11-6-9(19)1-2-10(11)13-17-16-12-5-8(7-15)3-4-18(12)13/h1-6,19H. The molecule has 0 fully saturated rings. The Kier molecular flexibility index (Phi) is 2.39. The molecular formula is C13H7FN4O. The van der Waals surface area contributed by atoms with E-state index in [9.17, 15) is 9.50 Å². The number of halogens is 1. The Hall–Kier alpha value is -2.94. The molecule has 0 aliphatic carbocycles. The molecule has 92 valence electrons. The number of hydrogen-bond donors (Lipinski definition) is 1. The van der Waals surface area contributed by atoms with Crippen molar-refractivity contribution in [1.82, 2.24) is 14.6 Å². The quantitative estimate of drug-likeness (QED) is 0.721. The van der Waals surface area contributed by atoms with Crippen LogP contribution in [0, 0.1) is 17.1 Å². The summed E-state index contributed by atoms with van der Waals surface area (Å²) >= 11 is 0. The Labute approximate surface area is 107 Å². The molecule has 0 radical (unpaired) electrons. The number of rotatable bonds is 1. The van der Waals surface area contributed by atoms with Crippen LogP contribution in [-0.2, 0) is 0 Å². The highest BCUT2D eigenvalue weighted by atomic mass is 19.1. The normalized spacial score (nSPS) is 10.5. The summed E-state index contributed by atoms with van der Waals surface area (Å²) < 4.78 is 15.4. The van der Waals surface area contributed by atoms with Crippen LogP contribution in [0.4, 0.5) is 4.39 Å². The average Bonchev–Trinajstić information content (AvgIpc) is 2.81. The minimum absolute atomic E-state index is 0.151. The van der Waals surface area contributed by atoms with Crippen LogP contribution in [0.3, 0.4) is 0 Å². The molecule has 2 aromatic heterocycles. The van der Waals surface area contributed by atoms with Crippen molar-refractivity contribution in [2.45, 2.75) is 0 Å². The Morgan fingerprint density at radius 3 is 2.79 bits per heavy atom. The zero-order valence-corrected chi connectivity index (χ0v) is 9.58. The summed E-state index contributed by atoms with van der Waals surface area (Å²) in [6, 6.07) is 8.98. The van der Waals surface area contributed by atoms with E-state index >= 15 is 0 Å². The molecule has 0 spiro atoms. The van der Waals surface area contributed by atoms with E-state index < -0.39 is 5.82 Å². The van der Waals surface area contributed by atoms with Crippen LogP contribution in [-0.4, -0.2) is 19.7 Å². The smallest absolute Gasteiger partial charge is 0.171 e. The fourth-order valence-corrected chi connectivity index (χ4v) is 1.83. The van der Waals surface area contributed by atoms with E-state index in [2.05, 4.69) is 10.2 Å². The number of phenols is 1. The van der Waals surface area contributed by atoms with Gasteiger partial charge in [0.05, 0.1) is 17.2 Å². The molecule has 1 aromatic carbocycles. The summed E-state index contributed by atoms with van der Waals surface area (Å²) in [7, 11) is 0. The fourth-order valence-electron chi connectivity index (χ4n) is 1.83. The van der Waals surface area contributed by atoms with E-state index in [-0.39, 0.29) is 11.3 Å². The van der Waals surface area contributed by atoms with Crippen molar-refractivity contribution in [1.29, 1.82) is 5.26 Å². The molecule has 2 heterocycles. The van der Waals surface area contributed by atoms with Gasteiger partial charge < -0.3 is 5.11 Å². The number of aromatic nitrogens is 3. The molecule has 0 saturated heterocycles. The van der Waals surface area contributed by atoms with Crippen molar-refractivity contribution in [3.05, 3.63) is 47.9 Å². The molecular weight excluding hydrogens is 247 g/mol. The minimum atomic E-state index is -0.585. The first-order chi connectivity index (χ1) is 9.19. The van der Waals surface area contributed by atoms with E-state index in [4.69, 9.17) is 5.26 Å². The second-order valence-electron chi connectivity index (χ2n) is 3.94. The average molecular weight is 254 g/mol. The number of fused-ring (bicyclic) bond motifs is 1. The molecule has 0 aliphatic rings. The van der Waals surface area contributed by atoms with Crippen molar-refractivity contribution in [2.75, 3.05) is 0 Å². The molecule has 0 saturated carbocycles. The van der Waals surface area contributed by atoms with E-state index in [1.54, 1.807) is 22.7 Å². The molecule has 3 aromatic rings. The molecule has 5 nitrogen and oxygen atoms in total. The highest BCUT2D eigenvalue weighted by molar-refractivity contribution is 5.62. The summed E-state index contributed by atoms with van der Waals surface area (Å²) in [5.74, 6) is -0.419. The molecule has 0 atom stereocenters. The number of nitrogens with zero attached hydrogens (tertiary/aromatic N) is 4. The second-order valence-corrected chi connectivity index (χ2v) is 3.94. The van der Waals surface area contributed by atoms with Gasteiger partial charge in [-0.15, -0.1) is 10.2 Å². The predicted octanol–water partition coefficient (Wildman–Crippen LogP) is 2.11. The first-order valence-corrected chi connectivity index (χ1v) is 5.43. The maximum absolute atomic E-state index is 13.8. The van der Waals surface area contributed by atoms with Gasteiger partial charge in [-0.3, -0.25) is 4.40 Å². The molecule has 0 aliphatic heterocycles. The predicted molar refractivity (Wildman–Crippen MR) is 64.8 cm³/mol. The van der Waals surface area contributed by atoms with Gasteiger partial charge in [-0.1, -0.05) is 0 Å².